The summed E-state index contributed by atoms with van der Waals surface area (Å²) in [5.41, 5.74) is 0.426. The second-order valence-corrected chi connectivity index (χ2v) is 6.90. The van der Waals surface area contributed by atoms with Gasteiger partial charge in [-0.3, -0.25) is 9.59 Å². The van der Waals surface area contributed by atoms with Crippen LogP contribution < -0.4 is 5.32 Å². The number of rotatable bonds is 5. The first-order valence-electron chi connectivity index (χ1n) is 6.68. The van der Waals surface area contributed by atoms with Crippen molar-refractivity contribution in [2.24, 2.45) is 5.92 Å². The van der Waals surface area contributed by atoms with Crippen molar-refractivity contribution < 1.29 is 9.59 Å². The third-order valence-corrected chi connectivity index (χ3v) is 3.55. The summed E-state index contributed by atoms with van der Waals surface area (Å²) in [4.78, 5) is 25.9. The van der Waals surface area contributed by atoms with E-state index in [0.29, 0.717) is 22.9 Å². The Morgan fingerprint density at radius 3 is 2.38 bits per heavy atom. The van der Waals surface area contributed by atoms with E-state index in [1.165, 1.54) is 4.90 Å². The van der Waals surface area contributed by atoms with Gasteiger partial charge in [-0.1, -0.05) is 41.4 Å². The van der Waals surface area contributed by atoms with Gasteiger partial charge in [0.1, 0.15) is 6.04 Å². The SMILES string of the molecule is CC(C)CC(NC(=O)c1cc(Cl)cc(Br)c1)C(=O)N(C)C. The van der Waals surface area contributed by atoms with Gasteiger partial charge in [-0.2, -0.15) is 0 Å². The molecule has 1 rings (SSSR count). The van der Waals surface area contributed by atoms with Crippen LogP contribution in [-0.2, 0) is 4.79 Å². The Bertz CT molecular complexity index is 512. The molecule has 0 aromatic heterocycles. The molecule has 1 aromatic rings. The lowest BCUT2D eigenvalue weighted by Gasteiger charge is -2.23. The lowest BCUT2D eigenvalue weighted by molar-refractivity contribution is -0.131. The van der Waals surface area contributed by atoms with Crippen LogP contribution in [0.4, 0.5) is 0 Å². The zero-order valence-corrected chi connectivity index (χ0v) is 15.0. The molecule has 0 radical (unpaired) electrons. The zero-order chi connectivity index (χ0) is 16.2. The van der Waals surface area contributed by atoms with Crippen molar-refractivity contribution in [3.8, 4) is 0 Å². The van der Waals surface area contributed by atoms with Gasteiger partial charge in [-0.15, -0.1) is 0 Å². The normalized spacial score (nSPS) is 12.1. The number of amides is 2. The second kappa shape index (κ2) is 7.80. The van der Waals surface area contributed by atoms with Crippen LogP contribution >= 0.6 is 27.5 Å². The Morgan fingerprint density at radius 1 is 1.29 bits per heavy atom. The number of nitrogens with zero attached hydrogens (tertiary/aromatic N) is 1. The van der Waals surface area contributed by atoms with Gasteiger partial charge in [0.25, 0.3) is 5.91 Å². The minimum Gasteiger partial charge on any atom is -0.347 e. The van der Waals surface area contributed by atoms with E-state index in [9.17, 15) is 9.59 Å². The Labute approximate surface area is 139 Å². The van der Waals surface area contributed by atoms with Crippen molar-refractivity contribution in [2.45, 2.75) is 26.3 Å². The monoisotopic (exact) mass is 374 g/mol. The Hall–Kier alpha value is -1.07. The van der Waals surface area contributed by atoms with Crippen molar-refractivity contribution in [2.75, 3.05) is 14.1 Å². The molecule has 1 aromatic carbocycles. The van der Waals surface area contributed by atoms with Gasteiger partial charge in [-0.25, -0.2) is 0 Å². The predicted octanol–water partition coefficient (Wildman–Crippen LogP) is 3.34. The van der Waals surface area contributed by atoms with E-state index in [0.717, 1.165) is 4.47 Å². The fourth-order valence-corrected chi connectivity index (χ4v) is 2.79. The summed E-state index contributed by atoms with van der Waals surface area (Å²) in [6, 6.07) is 4.42. The molecule has 0 aliphatic heterocycles. The minimum atomic E-state index is -0.537. The summed E-state index contributed by atoms with van der Waals surface area (Å²) in [7, 11) is 3.36. The summed E-state index contributed by atoms with van der Waals surface area (Å²) >= 11 is 9.24. The van der Waals surface area contributed by atoms with Crippen LogP contribution in [0, 0.1) is 5.92 Å². The van der Waals surface area contributed by atoms with Crippen LogP contribution in [-0.4, -0.2) is 36.9 Å². The van der Waals surface area contributed by atoms with E-state index in [1.54, 1.807) is 32.3 Å². The molecule has 0 bridgehead atoms. The smallest absolute Gasteiger partial charge is 0.252 e. The summed E-state index contributed by atoms with van der Waals surface area (Å²) in [6.07, 6.45) is 0.588. The molecule has 2 amide bonds. The van der Waals surface area contributed by atoms with E-state index >= 15 is 0 Å². The molecule has 0 fully saturated rings. The summed E-state index contributed by atoms with van der Waals surface area (Å²) in [5.74, 6) is -0.123. The number of hydrogen-bond acceptors (Lipinski definition) is 2. The van der Waals surface area contributed by atoms with Crippen molar-refractivity contribution in [1.29, 1.82) is 0 Å². The van der Waals surface area contributed by atoms with E-state index in [4.69, 9.17) is 11.6 Å². The number of carbonyl (C=O) groups excluding carboxylic acids is 2. The van der Waals surface area contributed by atoms with Crippen LogP contribution in [0.15, 0.2) is 22.7 Å². The zero-order valence-electron chi connectivity index (χ0n) is 12.6. The first-order chi connectivity index (χ1) is 9.70. The molecule has 1 unspecified atom stereocenters. The third-order valence-electron chi connectivity index (χ3n) is 2.88. The molecule has 0 heterocycles. The number of benzene rings is 1. The second-order valence-electron chi connectivity index (χ2n) is 5.55. The minimum absolute atomic E-state index is 0.113. The van der Waals surface area contributed by atoms with Gasteiger partial charge in [0, 0.05) is 29.2 Å². The molecule has 0 aliphatic rings. The van der Waals surface area contributed by atoms with Crippen molar-refractivity contribution in [3.05, 3.63) is 33.3 Å². The molecular weight excluding hydrogens is 356 g/mol. The van der Waals surface area contributed by atoms with Gasteiger partial charge >= 0.3 is 0 Å². The molecular formula is C15H20BrClN2O2. The molecule has 0 saturated carbocycles. The van der Waals surface area contributed by atoms with Crippen molar-refractivity contribution in [3.63, 3.8) is 0 Å². The molecule has 0 saturated heterocycles. The Balaban J connectivity index is 2.91. The summed E-state index contributed by atoms with van der Waals surface area (Å²) in [5, 5.41) is 3.26. The fourth-order valence-electron chi connectivity index (χ4n) is 1.93. The average Bonchev–Trinajstić information content (AvgIpc) is 2.35. The first-order valence-corrected chi connectivity index (χ1v) is 7.86. The lowest BCUT2D eigenvalue weighted by atomic mass is 10.0. The number of halogens is 2. The van der Waals surface area contributed by atoms with Gasteiger partial charge in [0.05, 0.1) is 0 Å². The van der Waals surface area contributed by atoms with E-state index in [1.807, 2.05) is 13.8 Å². The number of hydrogen-bond donors (Lipinski definition) is 1. The van der Waals surface area contributed by atoms with Crippen LogP contribution in [0.5, 0.6) is 0 Å². The van der Waals surface area contributed by atoms with Crippen LogP contribution in [0.25, 0.3) is 0 Å². The number of likely N-dealkylation sites (N-methyl/N-ethyl adjacent to an activating group) is 1. The van der Waals surface area contributed by atoms with Gasteiger partial charge < -0.3 is 10.2 Å². The Morgan fingerprint density at radius 2 is 1.90 bits per heavy atom. The highest BCUT2D eigenvalue weighted by Crippen LogP contribution is 2.20. The topological polar surface area (TPSA) is 49.4 Å². The lowest BCUT2D eigenvalue weighted by Crippen LogP contribution is -2.46. The van der Waals surface area contributed by atoms with E-state index in [-0.39, 0.29) is 11.8 Å². The molecule has 0 aliphatic carbocycles. The summed E-state index contributed by atoms with van der Waals surface area (Å²) < 4.78 is 0.722. The number of carbonyl (C=O) groups is 2. The highest BCUT2D eigenvalue weighted by atomic mass is 79.9. The molecule has 6 heteroatoms. The van der Waals surface area contributed by atoms with Crippen LogP contribution in [0.1, 0.15) is 30.6 Å². The standard InChI is InChI=1S/C15H20BrClN2O2/c1-9(2)5-13(15(21)19(3)4)18-14(20)10-6-11(16)8-12(17)7-10/h6-9,13H,5H2,1-4H3,(H,18,20). The molecule has 0 spiro atoms. The quantitative estimate of drug-likeness (QED) is 0.858. The Kier molecular flexibility index (Phi) is 6.68. The van der Waals surface area contributed by atoms with Crippen molar-refractivity contribution in [1.82, 2.24) is 10.2 Å². The first kappa shape index (κ1) is 18.0. The average molecular weight is 376 g/mol. The highest BCUT2D eigenvalue weighted by molar-refractivity contribution is 9.10. The maximum absolute atomic E-state index is 12.3. The molecule has 21 heavy (non-hydrogen) atoms. The van der Waals surface area contributed by atoms with Crippen molar-refractivity contribution >= 4 is 39.3 Å². The number of nitrogens with one attached hydrogen (secondary N) is 1. The molecule has 1 N–H and O–H groups in total. The fraction of sp³-hybridized carbons (Fsp3) is 0.467. The predicted molar refractivity (Wildman–Crippen MR) is 88.6 cm³/mol. The largest absolute Gasteiger partial charge is 0.347 e. The molecule has 4 nitrogen and oxygen atoms in total. The van der Waals surface area contributed by atoms with E-state index < -0.39 is 6.04 Å². The van der Waals surface area contributed by atoms with Gasteiger partial charge in [-0.05, 0) is 30.5 Å². The molecule has 116 valence electrons. The van der Waals surface area contributed by atoms with Crippen LogP contribution in [0.2, 0.25) is 5.02 Å². The van der Waals surface area contributed by atoms with Crippen LogP contribution in [0.3, 0.4) is 0 Å². The summed E-state index contributed by atoms with van der Waals surface area (Å²) in [6.45, 7) is 4.02. The molecule has 1 atom stereocenters. The maximum atomic E-state index is 12.3. The van der Waals surface area contributed by atoms with E-state index in [2.05, 4.69) is 21.2 Å². The highest BCUT2D eigenvalue weighted by Gasteiger charge is 2.24. The maximum Gasteiger partial charge on any atom is 0.252 e. The van der Waals surface area contributed by atoms with Gasteiger partial charge in [0.2, 0.25) is 5.91 Å². The third kappa shape index (κ3) is 5.67. The van der Waals surface area contributed by atoms with Gasteiger partial charge in [0.15, 0.2) is 0 Å².